The van der Waals surface area contributed by atoms with Crippen molar-refractivity contribution in [1.82, 2.24) is 0 Å². The lowest BCUT2D eigenvalue weighted by atomic mass is 10.1. The zero-order chi connectivity index (χ0) is 8.97. The van der Waals surface area contributed by atoms with Crippen LogP contribution in [-0.2, 0) is 0 Å². The van der Waals surface area contributed by atoms with Gasteiger partial charge < -0.3 is 5.73 Å². The Bertz CT molecular complexity index is 260. The Hall–Kier alpha value is -0.800. The molecule has 0 aliphatic heterocycles. The Kier molecular flexibility index (Phi) is 3.31. The Morgan fingerprint density at radius 3 is 2.67 bits per heavy atom. The van der Waals surface area contributed by atoms with Crippen molar-refractivity contribution in [2.24, 2.45) is 5.73 Å². The van der Waals surface area contributed by atoms with Crippen molar-refractivity contribution in [3.8, 4) is 0 Å². The standard InChI is InChI=1S/C9H10NOS/c10-8(6-12)9(11)7-4-2-1-3-5-7/h2-5,8,12H,6,10H2/t8-/m1/s1. The number of ketones is 1. The topological polar surface area (TPSA) is 43.1 Å². The molecule has 0 bridgehead atoms. The van der Waals surface area contributed by atoms with E-state index in [2.05, 4.69) is 18.7 Å². The molecule has 1 atom stereocenters. The average molecular weight is 180 g/mol. The number of carbonyl (C=O) groups is 1. The first kappa shape index (κ1) is 9.29. The lowest BCUT2D eigenvalue weighted by Gasteiger charge is -2.05. The molecule has 0 amide bonds. The number of Topliss-reactive ketones (excluding diaryl/α,β-unsaturated/α-hetero) is 1. The SMILES string of the molecule is N[C@H](CS)C(=O)c1cc[c]cc1. The van der Waals surface area contributed by atoms with E-state index in [1.54, 1.807) is 24.3 Å². The minimum atomic E-state index is -0.504. The third kappa shape index (κ3) is 2.09. The minimum Gasteiger partial charge on any atom is -0.321 e. The summed E-state index contributed by atoms with van der Waals surface area (Å²) in [5, 5.41) is 0. The van der Waals surface area contributed by atoms with E-state index in [1.165, 1.54) is 0 Å². The van der Waals surface area contributed by atoms with Crippen molar-refractivity contribution in [2.75, 3.05) is 5.75 Å². The van der Waals surface area contributed by atoms with Crippen LogP contribution in [0.2, 0.25) is 0 Å². The molecule has 2 N–H and O–H groups in total. The predicted octanol–water partition coefficient (Wildman–Crippen LogP) is 0.927. The van der Waals surface area contributed by atoms with E-state index in [0.29, 0.717) is 11.3 Å². The van der Waals surface area contributed by atoms with Crippen LogP contribution in [0.5, 0.6) is 0 Å². The average Bonchev–Trinajstić information content (AvgIpc) is 2.17. The highest BCUT2D eigenvalue weighted by molar-refractivity contribution is 7.80. The summed E-state index contributed by atoms with van der Waals surface area (Å²) >= 11 is 3.95. The van der Waals surface area contributed by atoms with Crippen LogP contribution in [-0.4, -0.2) is 17.6 Å². The molecular weight excluding hydrogens is 170 g/mol. The van der Waals surface area contributed by atoms with Crippen molar-refractivity contribution in [3.05, 3.63) is 35.9 Å². The Morgan fingerprint density at radius 1 is 1.58 bits per heavy atom. The van der Waals surface area contributed by atoms with Gasteiger partial charge in [0, 0.05) is 11.3 Å². The number of rotatable bonds is 3. The second kappa shape index (κ2) is 4.28. The molecule has 0 heterocycles. The van der Waals surface area contributed by atoms with Crippen molar-refractivity contribution in [2.45, 2.75) is 6.04 Å². The molecule has 0 aliphatic carbocycles. The van der Waals surface area contributed by atoms with Gasteiger partial charge in [0.05, 0.1) is 6.04 Å². The van der Waals surface area contributed by atoms with Gasteiger partial charge >= 0.3 is 0 Å². The highest BCUT2D eigenvalue weighted by atomic mass is 32.1. The maximum atomic E-state index is 11.4. The molecule has 0 spiro atoms. The number of benzene rings is 1. The number of nitrogens with two attached hydrogens (primary N) is 1. The minimum absolute atomic E-state index is 0.0704. The largest absolute Gasteiger partial charge is 0.321 e. The summed E-state index contributed by atoms with van der Waals surface area (Å²) in [4.78, 5) is 11.4. The molecule has 2 nitrogen and oxygen atoms in total. The molecule has 1 aromatic rings. The summed E-state index contributed by atoms with van der Waals surface area (Å²) in [5.74, 6) is 0.302. The third-order valence-electron chi connectivity index (χ3n) is 1.54. The van der Waals surface area contributed by atoms with E-state index in [1.807, 2.05) is 0 Å². The third-order valence-corrected chi connectivity index (χ3v) is 1.93. The Morgan fingerprint density at radius 2 is 2.17 bits per heavy atom. The van der Waals surface area contributed by atoms with Gasteiger partial charge in [-0.15, -0.1) is 0 Å². The molecule has 3 heteroatoms. The number of hydrogen-bond donors (Lipinski definition) is 2. The number of hydrogen-bond acceptors (Lipinski definition) is 3. The quantitative estimate of drug-likeness (QED) is 0.536. The number of carbonyl (C=O) groups excluding carboxylic acids is 1. The molecule has 0 unspecified atom stereocenters. The first-order valence-electron chi connectivity index (χ1n) is 3.62. The maximum Gasteiger partial charge on any atom is 0.180 e. The van der Waals surface area contributed by atoms with Crippen LogP contribution in [0.1, 0.15) is 10.4 Å². The van der Waals surface area contributed by atoms with Crippen LogP contribution in [0.15, 0.2) is 24.3 Å². The fraction of sp³-hybridized carbons (Fsp3) is 0.222. The normalized spacial score (nSPS) is 12.5. The molecule has 0 aromatic heterocycles. The van der Waals surface area contributed by atoms with Crippen molar-refractivity contribution in [1.29, 1.82) is 0 Å². The summed E-state index contributed by atoms with van der Waals surface area (Å²) in [6.07, 6.45) is 0. The summed E-state index contributed by atoms with van der Waals surface area (Å²) in [6.45, 7) is 0. The Balaban J connectivity index is 2.79. The predicted molar refractivity (Wildman–Crippen MR) is 51.4 cm³/mol. The van der Waals surface area contributed by atoms with Crippen molar-refractivity contribution in [3.63, 3.8) is 0 Å². The van der Waals surface area contributed by atoms with E-state index in [-0.39, 0.29) is 5.78 Å². The lowest BCUT2D eigenvalue weighted by Crippen LogP contribution is -2.32. The molecule has 0 saturated heterocycles. The van der Waals surface area contributed by atoms with Crippen molar-refractivity contribution < 1.29 is 4.79 Å². The molecule has 63 valence electrons. The smallest absolute Gasteiger partial charge is 0.180 e. The molecule has 1 aromatic carbocycles. The fourth-order valence-corrected chi connectivity index (χ4v) is 1.01. The molecule has 0 fully saturated rings. The lowest BCUT2D eigenvalue weighted by molar-refractivity contribution is 0.0970. The van der Waals surface area contributed by atoms with Crippen LogP contribution in [0, 0.1) is 6.07 Å². The van der Waals surface area contributed by atoms with E-state index >= 15 is 0 Å². The van der Waals surface area contributed by atoms with Gasteiger partial charge in [-0.25, -0.2) is 0 Å². The van der Waals surface area contributed by atoms with Gasteiger partial charge in [0.2, 0.25) is 0 Å². The van der Waals surface area contributed by atoms with Gasteiger partial charge in [-0.2, -0.15) is 12.6 Å². The zero-order valence-electron chi connectivity index (χ0n) is 6.53. The zero-order valence-corrected chi connectivity index (χ0v) is 7.42. The first-order chi connectivity index (χ1) is 5.75. The van der Waals surface area contributed by atoms with Crippen LogP contribution < -0.4 is 5.73 Å². The number of thiol groups is 1. The molecule has 0 saturated carbocycles. The van der Waals surface area contributed by atoms with E-state index in [9.17, 15) is 4.79 Å². The summed E-state index contributed by atoms with van der Waals surface area (Å²) in [6, 6.07) is 9.11. The summed E-state index contributed by atoms with van der Waals surface area (Å²) < 4.78 is 0. The van der Waals surface area contributed by atoms with Gasteiger partial charge in [0.25, 0.3) is 0 Å². The monoisotopic (exact) mass is 180 g/mol. The summed E-state index contributed by atoms with van der Waals surface area (Å²) in [5.41, 5.74) is 6.13. The highest BCUT2D eigenvalue weighted by Crippen LogP contribution is 2.02. The van der Waals surface area contributed by atoms with Crippen LogP contribution >= 0.6 is 12.6 Å². The first-order valence-corrected chi connectivity index (χ1v) is 4.25. The molecular formula is C9H10NOS. The maximum absolute atomic E-state index is 11.4. The fourth-order valence-electron chi connectivity index (χ4n) is 0.848. The molecule has 0 aliphatic rings. The second-order valence-electron chi connectivity index (χ2n) is 2.44. The van der Waals surface area contributed by atoms with Gasteiger partial charge in [-0.1, -0.05) is 24.3 Å². The van der Waals surface area contributed by atoms with Crippen LogP contribution in [0.3, 0.4) is 0 Å². The van der Waals surface area contributed by atoms with E-state index in [4.69, 9.17) is 5.73 Å². The molecule has 1 rings (SSSR count). The van der Waals surface area contributed by atoms with Gasteiger partial charge in [0.15, 0.2) is 5.78 Å². The molecule has 12 heavy (non-hydrogen) atoms. The summed E-state index contributed by atoms with van der Waals surface area (Å²) in [7, 11) is 0. The van der Waals surface area contributed by atoms with Crippen LogP contribution in [0.4, 0.5) is 0 Å². The highest BCUT2D eigenvalue weighted by Gasteiger charge is 2.12. The van der Waals surface area contributed by atoms with E-state index in [0.717, 1.165) is 0 Å². The second-order valence-corrected chi connectivity index (χ2v) is 2.81. The molecule has 1 radical (unpaired) electrons. The van der Waals surface area contributed by atoms with Gasteiger partial charge in [-0.3, -0.25) is 4.79 Å². The van der Waals surface area contributed by atoms with Crippen LogP contribution in [0.25, 0.3) is 0 Å². The van der Waals surface area contributed by atoms with Gasteiger partial charge in [0.1, 0.15) is 0 Å². The van der Waals surface area contributed by atoms with E-state index < -0.39 is 6.04 Å². The Labute approximate surface area is 77.2 Å². The van der Waals surface area contributed by atoms with Crippen molar-refractivity contribution >= 4 is 18.4 Å². The van der Waals surface area contributed by atoms with Gasteiger partial charge in [-0.05, 0) is 6.07 Å².